The van der Waals surface area contributed by atoms with E-state index in [1.807, 2.05) is 0 Å². The molecule has 0 bridgehead atoms. The highest BCUT2D eigenvalue weighted by molar-refractivity contribution is 5.91. The minimum Gasteiger partial charge on any atom is -0.465 e. The summed E-state index contributed by atoms with van der Waals surface area (Å²) in [6.45, 7) is 0. The van der Waals surface area contributed by atoms with Crippen LogP contribution in [0.15, 0.2) is 36.8 Å². The number of aromatic nitrogens is 2. The lowest BCUT2D eigenvalue weighted by Gasteiger charge is -2.05. The number of halogens is 1. The van der Waals surface area contributed by atoms with Gasteiger partial charge in [0.15, 0.2) is 0 Å². The minimum atomic E-state index is -0.715. The number of benzene rings is 1. The first-order chi connectivity index (χ1) is 8.24. The van der Waals surface area contributed by atoms with Crippen molar-refractivity contribution in [2.75, 3.05) is 7.11 Å². The molecule has 0 atom stereocenters. The maximum atomic E-state index is 14.0. The van der Waals surface area contributed by atoms with Gasteiger partial charge in [0.25, 0.3) is 0 Å². The third kappa shape index (κ3) is 2.13. The van der Waals surface area contributed by atoms with Gasteiger partial charge in [0, 0.05) is 18.0 Å². The van der Waals surface area contributed by atoms with E-state index in [9.17, 15) is 9.18 Å². The van der Waals surface area contributed by atoms with E-state index in [1.54, 1.807) is 6.07 Å². The number of hydrogen-bond acceptors (Lipinski definition) is 4. The lowest BCUT2D eigenvalue weighted by atomic mass is 10.1. The molecule has 4 nitrogen and oxygen atoms in total. The van der Waals surface area contributed by atoms with Gasteiger partial charge in [0.1, 0.15) is 5.82 Å². The second-order valence-corrected chi connectivity index (χ2v) is 3.25. The SMILES string of the molecule is COC(=O)c1cccc(-c2cnccn2)c1F. The summed E-state index contributed by atoms with van der Waals surface area (Å²) in [5.41, 5.74) is 0.479. The van der Waals surface area contributed by atoms with Gasteiger partial charge in [-0.2, -0.15) is 0 Å². The molecule has 0 fully saturated rings. The number of esters is 1. The number of ether oxygens (including phenoxy) is 1. The Balaban J connectivity index is 2.54. The molecule has 0 N–H and O–H groups in total. The highest BCUT2D eigenvalue weighted by Crippen LogP contribution is 2.22. The number of carbonyl (C=O) groups is 1. The molecule has 86 valence electrons. The monoisotopic (exact) mass is 232 g/mol. The van der Waals surface area contributed by atoms with Crippen molar-refractivity contribution >= 4 is 5.97 Å². The van der Waals surface area contributed by atoms with E-state index < -0.39 is 11.8 Å². The van der Waals surface area contributed by atoms with Crippen molar-refractivity contribution in [2.24, 2.45) is 0 Å². The first kappa shape index (κ1) is 11.2. The molecule has 0 amide bonds. The summed E-state index contributed by atoms with van der Waals surface area (Å²) in [5.74, 6) is -1.37. The van der Waals surface area contributed by atoms with Gasteiger partial charge in [-0.3, -0.25) is 9.97 Å². The quantitative estimate of drug-likeness (QED) is 0.744. The zero-order valence-electron chi connectivity index (χ0n) is 9.05. The summed E-state index contributed by atoms with van der Waals surface area (Å²) in [6, 6.07) is 4.46. The van der Waals surface area contributed by atoms with Gasteiger partial charge in [-0.15, -0.1) is 0 Å². The summed E-state index contributed by atoms with van der Waals surface area (Å²) in [4.78, 5) is 19.2. The Labute approximate surface area is 97.1 Å². The van der Waals surface area contributed by atoms with Gasteiger partial charge in [0.2, 0.25) is 0 Å². The van der Waals surface area contributed by atoms with Gasteiger partial charge in [-0.1, -0.05) is 6.07 Å². The fourth-order valence-corrected chi connectivity index (χ4v) is 1.44. The summed E-state index contributed by atoms with van der Waals surface area (Å²) >= 11 is 0. The van der Waals surface area contributed by atoms with E-state index in [0.717, 1.165) is 0 Å². The number of nitrogens with zero attached hydrogens (tertiary/aromatic N) is 2. The van der Waals surface area contributed by atoms with Gasteiger partial charge in [-0.05, 0) is 12.1 Å². The molecule has 17 heavy (non-hydrogen) atoms. The zero-order valence-corrected chi connectivity index (χ0v) is 9.05. The molecule has 0 aliphatic heterocycles. The molecule has 0 saturated heterocycles. The minimum absolute atomic E-state index is 0.115. The molecule has 1 aromatic carbocycles. The Hall–Kier alpha value is -2.30. The molecule has 0 aliphatic carbocycles. The van der Waals surface area contributed by atoms with Crippen LogP contribution < -0.4 is 0 Å². The van der Waals surface area contributed by atoms with Crippen molar-refractivity contribution in [1.82, 2.24) is 9.97 Å². The predicted octanol–water partition coefficient (Wildman–Crippen LogP) is 2.07. The second-order valence-electron chi connectivity index (χ2n) is 3.25. The van der Waals surface area contributed by atoms with E-state index in [0.29, 0.717) is 5.69 Å². The van der Waals surface area contributed by atoms with Crippen molar-refractivity contribution < 1.29 is 13.9 Å². The highest BCUT2D eigenvalue weighted by Gasteiger charge is 2.16. The summed E-state index contributed by atoms with van der Waals surface area (Å²) in [6.07, 6.45) is 4.38. The number of methoxy groups -OCH3 is 1. The third-order valence-electron chi connectivity index (χ3n) is 2.24. The predicted molar refractivity (Wildman–Crippen MR) is 58.8 cm³/mol. The number of rotatable bonds is 2. The molecule has 5 heteroatoms. The lowest BCUT2D eigenvalue weighted by molar-refractivity contribution is 0.0595. The third-order valence-corrected chi connectivity index (χ3v) is 2.24. The van der Waals surface area contributed by atoms with Crippen LogP contribution in [0.5, 0.6) is 0 Å². The Bertz CT molecular complexity index is 543. The Morgan fingerprint density at radius 1 is 1.35 bits per heavy atom. The number of carbonyl (C=O) groups excluding carboxylic acids is 1. The molecule has 0 aliphatic rings. The maximum absolute atomic E-state index is 14.0. The largest absolute Gasteiger partial charge is 0.465 e. The van der Waals surface area contributed by atoms with Crippen LogP contribution >= 0.6 is 0 Å². The molecule has 1 heterocycles. The van der Waals surface area contributed by atoms with Crippen molar-refractivity contribution in [3.8, 4) is 11.3 Å². The summed E-state index contributed by atoms with van der Waals surface area (Å²) in [5, 5.41) is 0. The van der Waals surface area contributed by atoms with Crippen molar-refractivity contribution in [3.05, 3.63) is 48.2 Å². The zero-order chi connectivity index (χ0) is 12.3. The molecule has 0 unspecified atom stereocenters. The van der Waals surface area contributed by atoms with Gasteiger partial charge in [0.05, 0.1) is 24.6 Å². The van der Waals surface area contributed by atoms with Crippen LogP contribution in [0.3, 0.4) is 0 Å². The molecular formula is C12H9FN2O2. The van der Waals surface area contributed by atoms with E-state index in [2.05, 4.69) is 14.7 Å². The standard InChI is InChI=1S/C12H9FN2O2/c1-17-12(16)9-4-2-3-8(11(9)13)10-7-14-5-6-15-10/h2-7H,1H3. The van der Waals surface area contributed by atoms with Crippen molar-refractivity contribution in [3.63, 3.8) is 0 Å². The fourth-order valence-electron chi connectivity index (χ4n) is 1.44. The highest BCUT2D eigenvalue weighted by atomic mass is 19.1. The first-order valence-corrected chi connectivity index (χ1v) is 4.87. The van der Waals surface area contributed by atoms with Gasteiger partial charge >= 0.3 is 5.97 Å². The van der Waals surface area contributed by atoms with Gasteiger partial charge < -0.3 is 4.74 Å². The van der Waals surface area contributed by atoms with Crippen LogP contribution in [0.2, 0.25) is 0 Å². The van der Waals surface area contributed by atoms with Crippen molar-refractivity contribution in [2.45, 2.75) is 0 Å². The van der Waals surface area contributed by atoms with Crippen LogP contribution in [0.4, 0.5) is 4.39 Å². The summed E-state index contributed by atoms with van der Waals surface area (Å²) < 4.78 is 18.5. The normalized spacial score (nSPS) is 10.0. The lowest BCUT2D eigenvalue weighted by Crippen LogP contribution is -2.05. The van der Waals surface area contributed by atoms with Crippen LogP contribution in [0, 0.1) is 5.82 Å². The molecule has 2 aromatic rings. The van der Waals surface area contributed by atoms with Crippen LogP contribution in [-0.4, -0.2) is 23.0 Å². The Kier molecular flexibility index (Phi) is 3.09. The van der Waals surface area contributed by atoms with E-state index in [1.165, 1.54) is 37.8 Å². The van der Waals surface area contributed by atoms with Crippen molar-refractivity contribution in [1.29, 1.82) is 0 Å². The first-order valence-electron chi connectivity index (χ1n) is 4.87. The molecule has 1 aromatic heterocycles. The van der Waals surface area contributed by atoms with E-state index in [-0.39, 0.29) is 11.1 Å². The van der Waals surface area contributed by atoms with Crippen LogP contribution in [-0.2, 0) is 4.74 Å². The van der Waals surface area contributed by atoms with Crippen LogP contribution in [0.25, 0.3) is 11.3 Å². The van der Waals surface area contributed by atoms with E-state index in [4.69, 9.17) is 0 Å². The molecule has 0 saturated carbocycles. The average Bonchev–Trinajstić information content (AvgIpc) is 2.39. The fraction of sp³-hybridized carbons (Fsp3) is 0.0833. The smallest absolute Gasteiger partial charge is 0.340 e. The van der Waals surface area contributed by atoms with Crippen LogP contribution in [0.1, 0.15) is 10.4 Å². The Morgan fingerprint density at radius 3 is 2.82 bits per heavy atom. The molecule has 0 spiro atoms. The van der Waals surface area contributed by atoms with E-state index >= 15 is 0 Å². The van der Waals surface area contributed by atoms with Gasteiger partial charge in [-0.25, -0.2) is 9.18 Å². The topological polar surface area (TPSA) is 52.1 Å². The summed E-state index contributed by atoms with van der Waals surface area (Å²) in [7, 11) is 1.21. The average molecular weight is 232 g/mol. The molecule has 2 rings (SSSR count). The maximum Gasteiger partial charge on any atom is 0.340 e. The Morgan fingerprint density at radius 2 is 2.18 bits per heavy atom. The number of hydrogen-bond donors (Lipinski definition) is 0. The molecular weight excluding hydrogens is 223 g/mol. The molecule has 0 radical (unpaired) electrons. The second kappa shape index (κ2) is 4.69.